The molecular weight excluding hydrogens is 363 g/mol. The minimum atomic E-state index is 0.356. The molecule has 0 aliphatic carbocycles. The van der Waals surface area contributed by atoms with Crippen molar-refractivity contribution in [1.29, 1.82) is 0 Å². The Balaban J connectivity index is 2.07. The Bertz CT molecular complexity index is 531. The zero-order chi connectivity index (χ0) is 13.0. The van der Waals surface area contributed by atoms with Crippen LogP contribution >= 0.6 is 34.2 Å². The molecule has 2 rings (SSSR count). The molecule has 0 amide bonds. The fourth-order valence-corrected chi connectivity index (χ4v) is 1.93. The molecule has 0 radical (unpaired) electrons. The Kier molecular flexibility index (Phi) is 4.66. The summed E-state index contributed by atoms with van der Waals surface area (Å²) >= 11 is 8.33. The quantitative estimate of drug-likeness (QED) is 0.823. The van der Waals surface area contributed by atoms with Gasteiger partial charge in [-0.25, -0.2) is 4.98 Å². The summed E-state index contributed by atoms with van der Waals surface area (Å²) in [6.45, 7) is 0.356. The highest BCUT2D eigenvalue weighted by atomic mass is 127. The summed E-state index contributed by atoms with van der Waals surface area (Å²) in [7, 11) is 1.82. The summed E-state index contributed by atoms with van der Waals surface area (Å²) in [5, 5.41) is 3.58. The molecule has 3 nitrogen and oxygen atoms in total. The van der Waals surface area contributed by atoms with Crippen LogP contribution in [0.4, 0.5) is 5.82 Å². The van der Waals surface area contributed by atoms with Gasteiger partial charge >= 0.3 is 0 Å². The maximum Gasteiger partial charge on any atom is 0.132 e. The van der Waals surface area contributed by atoms with Gasteiger partial charge in [0.15, 0.2) is 0 Å². The molecule has 1 N–H and O–H groups in total. The second kappa shape index (κ2) is 6.24. The standard InChI is InChI=1S/C13H12ClIN2O/c1-16-13-7-6-11(14)12(17-13)8-18-10-4-2-9(15)3-5-10/h2-7H,8H2,1H3,(H,16,17). The molecule has 1 aromatic carbocycles. The number of hydrogen-bond donors (Lipinski definition) is 1. The van der Waals surface area contributed by atoms with Crippen molar-refractivity contribution < 1.29 is 4.74 Å². The zero-order valence-electron chi connectivity index (χ0n) is 9.78. The molecule has 1 aromatic heterocycles. The second-order valence-electron chi connectivity index (χ2n) is 3.62. The summed E-state index contributed by atoms with van der Waals surface area (Å²) in [5.74, 6) is 1.59. The van der Waals surface area contributed by atoms with Crippen LogP contribution in [0.2, 0.25) is 5.02 Å². The van der Waals surface area contributed by atoms with Crippen molar-refractivity contribution >= 4 is 40.0 Å². The SMILES string of the molecule is CNc1ccc(Cl)c(COc2ccc(I)cc2)n1. The second-order valence-corrected chi connectivity index (χ2v) is 5.27. The third-order valence-corrected chi connectivity index (χ3v) is 3.43. The van der Waals surface area contributed by atoms with E-state index in [9.17, 15) is 0 Å². The molecule has 18 heavy (non-hydrogen) atoms. The highest BCUT2D eigenvalue weighted by Crippen LogP contribution is 2.20. The largest absolute Gasteiger partial charge is 0.487 e. The van der Waals surface area contributed by atoms with E-state index in [1.54, 1.807) is 0 Å². The number of ether oxygens (including phenoxy) is 1. The number of benzene rings is 1. The lowest BCUT2D eigenvalue weighted by Crippen LogP contribution is -2.02. The fraction of sp³-hybridized carbons (Fsp3) is 0.154. The molecule has 0 aliphatic rings. The fourth-order valence-electron chi connectivity index (χ4n) is 1.41. The number of pyridine rings is 1. The van der Waals surface area contributed by atoms with E-state index in [1.165, 1.54) is 3.57 Å². The summed E-state index contributed by atoms with van der Waals surface area (Å²) < 4.78 is 6.82. The molecule has 0 fully saturated rings. The van der Waals surface area contributed by atoms with Gasteiger partial charge in [-0.05, 0) is 59.0 Å². The predicted octanol–water partition coefficient (Wildman–Crippen LogP) is 3.96. The van der Waals surface area contributed by atoms with Crippen LogP contribution < -0.4 is 10.1 Å². The molecule has 5 heteroatoms. The van der Waals surface area contributed by atoms with Crippen LogP contribution in [0.5, 0.6) is 5.75 Å². The first-order valence-corrected chi connectivity index (χ1v) is 6.86. The Morgan fingerprint density at radius 1 is 1.22 bits per heavy atom. The minimum absolute atomic E-state index is 0.356. The van der Waals surface area contributed by atoms with Crippen LogP contribution in [0.3, 0.4) is 0 Å². The molecule has 0 saturated carbocycles. The lowest BCUT2D eigenvalue weighted by Gasteiger charge is -2.08. The summed E-state index contributed by atoms with van der Waals surface area (Å²) in [6, 6.07) is 11.5. The highest BCUT2D eigenvalue weighted by molar-refractivity contribution is 14.1. The molecular formula is C13H12ClIN2O. The zero-order valence-corrected chi connectivity index (χ0v) is 12.7. The average molecular weight is 375 g/mol. The summed E-state index contributed by atoms with van der Waals surface area (Å²) in [6.07, 6.45) is 0. The first kappa shape index (κ1) is 13.4. The van der Waals surface area contributed by atoms with E-state index in [2.05, 4.69) is 32.9 Å². The van der Waals surface area contributed by atoms with Crippen LogP contribution in [0, 0.1) is 3.57 Å². The molecule has 0 aliphatic heterocycles. The van der Waals surface area contributed by atoms with Crippen LogP contribution in [-0.4, -0.2) is 12.0 Å². The van der Waals surface area contributed by atoms with Crippen molar-refractivity contribution in [2.45, 2.75) is 6.61 Å². The molecule has 0 spiro atoms. The molecule has 0 atom stereocenters. The smallest absolute Gasteiger partial charge is 0.132 e. The number of anilines is 1. The predicted molar refractivity (Wildman–Crippen MR) is 82.3 cm³/mol. The van der Waals surface area contributed by atoms with Gasteiger partial charge < -0.3 is 10.1 Å². The van der Waals surface area contributed by atoms with Crippen LogP contribution in [0.15, 0.2) is 36.4 Å². The van der Waals surface area contributed by atoms with Gasteiger partial charge in [0, 0.05) is 10.6 Å². The molecule has 94 valence electrons. The van der Waals surface area contributed by atoms with E-state index < -0.39 is 0 Å². The maximum atomic E-state index is 6.07. The number of hydrogen-bond acceptors (Lipinski definition) is 3. The molecule has 2 aromatic rings. The van der Waals surface area contributed by atoms with Crippen LogP contribution in [-0.2, 0) is 6.61 Å². The van der Waals surface area contributed by atoms with E-state index in [4.69, 9.17) is 16.3 Å². The number of rotatable bonds is 4. The monoisotopic (exact) mass is 374 g/mol. The Morgan fingerprint density at radius 3 is 2.61 bits per heavy atom. The first-order chi connectivity index (χ1) is 8.69. The van der Waals surface area contributed by atoms with Crippen molar-refractivity contribution in [3.05, 3.63) is 50.7 Å². The first-order valence-electron chi connectivity index (χ1n) is 5.40. The van der Waals surface area contributed by atoms with Gasteiger partial charge in [0.2, 0.25) is 0 Å². The molecule has 0 bridgehead atoms. The van der Waals surface area contributed by atoms with Crippen molar-refractivity contribution in [2.75, 3.05) is 12.4 Å². The lowest BCUT2D eigenvalue weighted by molar-refractivity contribution is 0.301. The third kappa shape index (κ3) is 3.49. The van der Waals surface area contributed by atoms with Crippen molar-refractivity contribution in [3.8, 4) is 5.75 Å². The lowest BCUT2D eigenvalue weighted by atomic mass is 10.3. The van der Waals surface area contributed by atoms with E-state index in [-0.39, 0.29) is 0 Å². The third-order valence-electron chi connectivity index (χ3n) is 2.36. The molecule has 0 saturated heterocycles. The van der Waals surface area contributed by atoms with Crippen molar-refractivity contribution in [1.82, 2.24) is 4.98 Å². The van der Waals surface area contributed by atoms with Crippen molar-refractivity contribution in [3.63, 3.8) is 0 Å². The van der Waals surface area contributed by atoms with Crippen LogP contribution in [0.25, 0.3) is 0 Å². The Labute approximate surface area is 125 Å². The van der Waals surface area contributed by atoms with E-state index in [0.717, 1.165) is 17.3 Å². The number of nitrogens with zero attached hydrogens (tertiary/aromatic N) is 1. The summed E-state index contributed by atoms with van der Waals surface area (Å²) in [4.78, 5) is 4.35. The minimum Gasteiger partial charge on any atom is -0.487 e. The maximum absolute atomic E-state index is 6.07. The average Bonchev–Trinajstić information content (AvgIpc) is 2.40. The van der Waals surface area contributed by atoms with Crippen LogP contribution in [0.1, 0.15) is 5.69 Å². The van der Waals surface area contributed by atoms with Gasteiger partial charge in [0.25, 0.3) is 0 Å². The highest BCUT2D eigenvalue weighted by Gasteiger charge is 2.04. The van der Waals surface area contributed by atoms with Gasteiger partial charge in [-0.3, -0.25) is 0 Å². The van der Waals surface area contributed by atoms with Gasteiger partial charge in [-0.2, -0.15) is 0 Å². The summed E-state index contributed by atoms with van der Waals surface area (Å²) in [5.41, 5.74) is 0.724. The van der Waals surface area contributed by atoms with E-state index in [0.29, 0.717) is 11.6 Å². The van der Waals surface area contributed by atoms with E-state index >= 15 is 0 Å². The molecule has 1 heterocycles. The van der Waals surface area contributed by atoms with Crippen molar-refractivity contribution in [2.24, 2.45) is 0 Å². The topological polar surface area (TPSA) is 34.1 Å². The van der Waals surface area contributed by atoms with Gasteiger partial charge in [0.1, 0.15) is 18.2 Å². The van der Waals surface area contributed by atoms with E-state index in [1.807, 2.05) is 43.4 Å². The normalized spacial score (nSPS) is 10.2. The van der Waals surface area contributed by atoms with Gasteiger partial charge in [0.05, 0.1) is 10.7 Å². The number of nitrogens with one attached hydrogen (secondary N) is 1. The Morgan fingerprint density at radius 2 is 1.94 bits per heavy atom. The Hall–Kier alpha value is -1.01. The van der Waals surface area contributed by atoms with Gasteiger partial charge in [-0.15, -0.1) is 0 Å². The molecule has 0 unspecified atom stereocenters. The van der Waals surface area contributed by atoms with Gasteiger partial charge in [-0.1, -0.05) is 11.6 Å². The number of halogens is 2. The number of aromatic nitrogens is 1.